The second-order valence-corrected chi connectivity index (χ2v) is 4.87. The molecule has 0 saturated heterocycles. The highest BCUT2D eigenvalue weighted by Gasteiger charge is 2.33. The third-order valence-electron chi connectivity index (χ3n) is 3.55. The number of ketones is 2. The molecule has 1 unspecified atom stereocenters. The van der Waals surface area contributed by atoms with Crippen molar-refractivity contribution < 1.29 is 9.59 Å². The Labute approximate surface area is 91.7 Å². The first-order valence-corrected chi connectivity index (χ1v) is 5.58. The molecule has 0 radical (unpaired) electrons. The number of Topliss-reactive ketones (excluding diaryl/α,β-unsaturated/α-hetero) is 2. The second-order valence-electron chi connectivity index (χ2n) is 4.87. The van der Waals surface area contributed by atoms with E-state index in [4.69, 9.17) is 0 Å². The Hall–Kier alpha value is -0.920. The predicted octanol–water partition coefficient (Wildman–Crippen LogP) is 2.77. The van der Waals surface area contributed by atoms with E-state index in [0.717, 1.165) is 24.8 Å². The van der Waals surface area contributed by atoms with Crippen molar-refractivity contribution in [2.75, 3.05) is 0 Å². The van der Waals surface area contributed by atoms with Gasteiger partial charge in [-0.1, -0.05) is 12.2 Å². The van der Waals surface area contributed by atoms with Crippen molar-refractivity contribution in [3.63, 3.8) is 0 Å². The van der Waals surface area contributed by atoms with Gasteiger partial charge in [0.15, 0.2) is 0 Å². The maximum atomic E-state index is 11.4. The standard InChI is InChI=1S/C13H20O2/c1-8(2)11-5-12(9(3)14)7-13(6-11)10(4)15/h11-13H,1,5-7H2,2-4H3/t11?,12-,13+. The van der Waals surface area contributed by atoms with Crippen LogP contribution in [-0.2, 0) is 9.59 Å². The first-order valence-electron chi connectivity index (χ1n) is 5.58. The van der Waals surface area contributed by atoms with E-state index < -0.39 is 0 Å². The summed E-state index contributed by atoms with van der Waals surface area (Å²) < 4.78 is 0. The van der Waals surface area contributed by atoms with Gasteiger partial charge in [-0.15, -0.1) is 0 Å². The molecule has 2 heteroatoms. The van der Waals surface area contributed by atoms with Crippen LogP contribution in [0.1, 0.15) is 40.0 Å². The summed E-state index contributed by atoms with van der Waals surface area (Å²) in [7, 11) is 0. The minimum absolute atomic E-state index is 0.0642. The van der Waals surface area contributed by atoms with Gasteiger partial charge >= 0.3 is 0 Å². The smallest absolute Gasteiger partial charge is 0.132 e. The summed E-state index contributed by atoms with van der Waals surface area (Å²) in [6, 6.07) is 0. The van der Waals surface area contributed by atoms with Gasteiger partial charge in [0, 0.05) is 11.8 Å². The molecule has 15 heavy (non-hydrogen) atoms. The molecule has 3 atom stereocenters. The van der Waals surface area contributed by atoms with Crippen molar-refractivity contribution in [1.82, 2.24) is 0 Å². The molecule has 2 nitrogen and oxygen atoms in total. The van der Waals surface area contributed by atoms with Gasteiger partial charge in [-0.3, -0.25) is 9.59 Å². The molecule has 0 heterocycles. The van der Waals surface area contributed by atoms with E-state index in [1.807, 2.05) is 6.92 Å². The molecule has 0 aromatic rings. The number of carbonyl (C=O) groups is 2. The average Bonchev–Trinajstić information content (AvgIpc) is 2.16. The van der Waals surface area contributed by atoms with Gasteiger partial charge in [0.1, 0.15) is 11.6 Å². The lowest BCUT2D eigenvalue weighted by Crippen LogP contribution is -2.30. The summed E-state index contributed by atoms with van der Waals surface area (Å²) in [5.41, 5.74) is 1.10. The fourth-order valence-corrected chi connectivity index (χ4v) is 2.39. The largest absolute Gasteiger partial charge is 0.300 e. The van der Waals surface area contributed by atoms with Crippen LogP contribution < -0.4 is 0 Å². The van der Waals surface area contributed by atoms with Crippen LogP contribution in [0.5, 0.6) is 0 Å². The summed E-state index contributed by atoms with van der Waals surface area (Å²) in [6.45, 7) is 9.19. The van der Waals surface area contributed by atoms with E-state index in [2.05, 4.69) is 6.58 Å². The molecule has 1 aliphatic rings. The minimum atomic E-state index is 0.0642. The zero-order chi connectivity index (χ0) is 11.6. The van der Waals surface area contributed by atoms with E-state index in [-0.39, 0.29) is 23.4 Å². The predicted molar refractivity (Wildman–Crippen MR) is 60.5 cm³/mol. The van der Waals surface area contributed by atoms with Gasteiger partial charge in [-0.2, -0.15) is 0 Å². The van der Waals surface area contributed by atoms with Crippen molar-refractivity contribution in [3.8, 4) is 0 Å². The zero-order valence-corrected chi connectivity index (χ0v) is 9.88. The average molecular weight is 208 g/mol. The first kappa shape index (κ1) is 12.2. The van der Waals surface area contributed by atoms with Crippen LogP contribution in [0, 0.1) is 17.8 Å². The van der Waals surface area contributed by atoms with E-state index >= 15 is 0 Å². The molecule has 0 amide bonds. The molecule has 0 spiro atoms. The lowest BCUT2D eigenvalue weighted by Gasteiger charge is -2.33. The highest BCUT2D eigenvalue weighted by Crippen LogP contribution is 2.37. The van der Waals surface area contributed by atoms with Gasteiger partial charge in [0.25, 0.3) is 0 Å². The van der Waals surface area contributed by atoms with Crippen LogP contribution in [0.25, 0.3) is 0 Å². The molecular formula is C13H20O2. The quantitative estimate of drug-likeness (QED) is 0.668. The van der Waals surface area contributed by atoms with Crippen molar-refractivity contribution in [3.05, 3.63) is 12.2 Å². The van der Waals surface area contributed by atoms with Crippen LogP contribution in [0.15, 0.2) is 12.2 Å². The monoisotopic (exact) mass is 208 g/mol. The summed E-state index contributed by atoms with van der Waals surface area (Å²) in [4.78, 5) is 22.8. The Morgan fingerprint density at radius 3 is 1.47 bits per heavy atom. The number of rotatable bonds is 3. The minimum Gasteiger partial charge on any atom is -0.300 e. The number of hydrogen-bond acceptors (Lipinski definition) is 2. The third kappa shape index (κ3) is 3.01. The van der Waals surface area contributed by atoms with Crippen molar-refractivity contribution in [2.24, 2.45) is 17.8 Å². The Morgan fingerprint density at radius 2 is 1.20 bits per heavy atom. The van der Waals surface area contributed by atoms with E-state index in [1.54, 1.807) is 13.8 Å². The zero-order valence-electron chi connectivity index (χ0n) is 9.88. The number of allylic oxidation sites excluding steroid dienone is 1. The van der Waals surface area contributed by atoms with Crippen LogP contribution in [-0.4, -0.2) is 11.6 Å². The van der Waals surface area contributed by atoms with Crippen LogP contribution in [0.4, 0.5) is 0 Å². The molecule has 1 fully saturated rings. The molecule has 0 aromatic carbocycles. The van der Waals surface area contributed by atoms with Gasteiger partial charge in [0.05, 0.1) is 0 Å². The lowest BCUT2D eigenvalue weighted by molar-refractivity contribution is -0.126. The van der Waals surface area contributed by atoms with Crippen molar-refractivity contribution in [2.45, 2.75) is 40.0 Å². The summed E-state index contributed by atoms with van der Waals surface area (Å²) in [5, 5.41) is 0. The molecule has 0 bridgehead atoms. The van der Waals surface area contributed by atoms with Gasteiger partial charge in [-0.25, -0.2) is 0 Å². The summed E-state index contributed by atoms with van der Waals surface area (Å²) in [6.07, 6.45) is 2.51. The van der Waals surface area contributed by atoms with E-state index in [0.29, 0.717) is 5.92 Å². The highest BCUT2D eigenvalue weighted by atomic mass is 16.1. The van der Waals surface area contributed by atoms with Crippen LogP contribution >= 0.6 is 0 Å². The maximum absolute atomic E-state index is 11.4. The Morgan fingerprint density at radius 1 is 0.867 bits per heavy atom. The van der Waals surface area contributed by atoms with E-state index in [9.17, 15) is 9.59 Å². The summed E-state index contributed by atoms with van der Waals surface area (Å²) >= 11 is 0. The Bertz CT molecular complexity index is 237. The molecule has 84 valence electrons. The number of hydrogen-bond donors (Lipinski definition) is 0. The molecular weight excluding hydrogens is 188 g/mol. The third-order valence-corrected chi connectivity index (χ3v) is 3.55. The van der Waals surface area contributed by atoms with E-state index in [1.165, 1.54) is 0 Å². The van der Waals surface area contributed by atoms with Gasteiger partial charge in [0.2, 0.25) is 0 Å². The molecule has 0 aromatic heterocycles. The molecule has 1 aliphatic carbocycles. The second kappa shape index (κ2) is 4.73. The van der Waals surface area contributed by atoms with Gasteiger partial charge < -0.3 is 0 Å². The Kier molecular flexibility index (Phi) is 3.83. The summed E-state index contributed by atoms with van der Waals surface area (Å²) in [5.74, 6) is 0.907. The molecule has 1 saturated carbocycles. The molecule has 1 rings (SSSR count). The maximum Gasteiger partial charge on any atom is 0.132 e. The highest BCUT2D eigenvalue weighted by molar-refractivity contribution is 5.82. The van der Waals surface area contributed by atoms with Gasteiger partial charge in [-0.05, 0) is 46.0 Å². The van der Waals surface area contributed by atoms with Crippen LogP contribution in [0.2, 0.25) is 0 Å². The SMILES string of the molecule is C=C(C)C1C[C@@H](C(C)=O)C[C@@H](C(C)=O)C1. The topological polar surface area (TPSA) is 34.1 Å². The molecule has 0 N–H and O–H groups in total. The van der Waals surface area contributed by atoms with Crippen molar-refractivity contribution >= 4 is 11.6 Å². The van der Waals surface area contributed by atoms with Crippen molar-refractivity contribution in [1.29, 1.82) is 0 Å². The normalized spacial score (nSPS) is 31.0. The van der Waals surface area contributed by atoms with Crippen LogP contribution in [0.3, 0.4) is 0 Å². The number of carbonyl (C=O) groups excluding carboxylic acids is 2. The fraction of sp³-hybridized carbons (Fsp3) is 0.692. The lowest BCUT2D eigenvalue weighted by atomic mass is 9.71. The first-order chi connectivity index (χ1) is 6.91. The Balaban J connectivity index is 2.77. The molecule has 0 aliphatic heterocycles. The fourth-order valence-electron chi connectivity index (χ4n) is 2.39.